The molecule has 1 aromatic rings. The molecule has 2 N–H and O–H groups in total. The third kappa shape index (κ3) is 1.80. The average molecular weight is 189 g/mol. The SMILES string of the molecule is O=C(C1=CNCNC1)c1ccncc1. The molecule has 1 aromatic heterocycles. The third-order valence-corrected chi connectivity index (χ3v) is 2.05. The van der Waals surface area contributed by atoms with Gasteiger partial charge in [0.1, 0.15) is 0 Å². The molecular formula is C10H11N3O. The molecule has 0 unspecified atom stereocenters. The van der Waals surface area contributed by atoms with Gasteiger partial charge in [-0.25, -0.2) is 0 Å². The molecule has 0 atom stereocenters. The summed E-state index contributed by atoms with van der Waals surface area (Å²) in [5.41, 5.74) is 1.43. The number of Topliss-reactive ketones (excluding diaryl/α,β-unsaturated/α-hetero) is 1. The largest absolute Gasteiger partial charge is 0.378 e. The van der Waals surface area contributed by atoms with Gasteiger partial charge < -0.3 is 5.32 Å². The molecule has 4 nitrogen and oxygen atoms in total. The van der Waals surface area contributed by atoms with Gasteiger partial charge in [0.25, 0.3) is 0 Å². The number of aromatic nitrogens is 1. The fourth-order valence-corrected chi connectivity index (χ4v) is 1.33. The first-order valence-corrected chi connectivity index (χ1v) is 4.46. The number of rotatable bonds is 2. The standard InChI is InChI=1S/C10H11N3O/c14-10(8-1-3-11-4-2-8)9-5-12-7-13-6-9/h1-5,12-13H,6-7H2. The van der Waals surface area contributed by atoms with Gasteiger partial charge in [0.15, 0.2) is 5.78 Å². The highest BCUT2D eigenvalue weighted by Gasteiger charge is 2.13. The van der Waals surface area contributed by atoms with Gasteiger partial charge in [-0.3, -0.25) is 15.1 Å². The van der Waals surface area contributed by atoms with Crippen molar-refractivity contribution in [2.24, 2.45) is 0 Å². The van der Waals surface area contributed by atoms with Crippen LogP contribution in [-0.2, 0) is 0 Å². The van der Waals surface area contributed by atoms with Crippen molar-refractivity contribution >= 4 is 5.78 Å². The molecule has 2 rings (SSSR count). The van der Waals surface area contributed by atoms with Crippen molar-refractivity contribution in [3.8, 4) is 0 Å². The molecule has 1 aliphatic heterocycles. The van der Waals surface area contributed by atoms with Crippen LogP contribution in [0.1, 0.15) is 10.4 Å². The lowest BCUT2D eigenvalue weighted by Gasteiger charge is -2.14. The fraction of sp³-hybridized carbons (Fsp3) is 0.200. The Hall–Kier alpha value is -1.68. The summed E-state index contributed by atoms with van der Waals surface area (Å²) in [5.74, 6) is 0.0482. The smallest absolute Gasteiger partial charge is 0.191 e. The second-order valence-electron chi connectivity index (χ2n) is 3.04. The van der Waals surface area contributed by atoms with Crippen molar-refractivity contribution in [2.75, 3.05) is 13.2 Å². The summed E-state index contributed by atoms with van der Waals surface area (Å²) < 4.78 is 0. The molecule has 2 heterocycles. The predicted octanol–water partition coefficient (Wildman–Crippen LogP) is 0.298. The second-order valence-corrected chi connectivity index (χ2v) is 3.04. The minimum absolute atomic E-state index is 0.0482. The Balaban J connectivity index is 2.20. The van der Waals surface area contributed by atoms with Gasteiger partial charge >= 0.3 is 0 Å². The molecule has 0 saturated carbocycles. The Kier molecular flexibility index (Phi) is 2.55. The zero-order valence-electron chi connectivity index (χ0n) is 7.66. The lowest BCUT2D eigenvalue weighted by molar-refractivity contribution is 0.103. The molecule has 4 heteroatoms. The average Bonchev–Trinajstić information content (AvgIpc) is 2.30. The zero-order valence-corrected chi connectivity index (χ0v) is 7.66. The van der Waals surface area contributed by atoms with E-state index in [1.54, 1.807) is 30.7 Å². The van der Waals surface area contributed by atoms with Crippen LogP contribution in [0.25, 0.3) is 0 Å². The van der Waals surface area contributed by atoms with Crippen molar-refractivity contribution in [1.29, 1.82) is 0 Å². The quantitative estimate of drug-likeness (QED) is 0.657. The molecular weight excluding hydrogens is 178 g/mol. The first-order chi connectivity index (χ1) is 6.88. The van der Waals surface area contributed by atoms with Crippen molar-refractivity contribution in [2.45, 2.75) is 0 Å². The van der Waals surface area contributed by atoms with Crippen LogP contribution in [0.5, 0.6) is 0 Å². The van der Waals surface area contributed by atoms with Gasteiger partial charge in [-0.15, -0.1) is 0 Å². The molecule has 0 spiro atoms. The van der Waals surface area contributed by atoms with Crippen LogP contribution in [0.2, 0.25) is 0 Å². The van der Waals surface area contributed by atoms with Crippen molar-refractivity contribution in [3.63, 3.8) is 0 Å². The molecule has 0 bridgehead atoms. The Morgan fingerprint density at radius 2 is 2.14 bits per heavy atom. The van der Waals surface area contributed by atoms with Crippen molar-refractivity contribution in [1.82, 2.24) is 15.6 Å². The highest BCUT2D eigenvalue weighted by molar-refractivity contribution is 6.08. The second kappa shape index (κ2) is 4.02. The Labute approximate surface area is 82.0 Å². The van der Waals surface area contributed by atoms with Gasteiger partial charge in [0.05, 0.1) is 6.67 Å². The number of hydrogen-bond acceptors (Lipinski definition) is 4. The molecule has 0 fully saturated rings. The van der Waals surface area contributed by atoms with E-state index in [2.05, 4.69) is 15.6 Å². The van der Waals surface area contributed by atoms with Crippen LogP contribution in [0.3, 0.4) is 0 Å². The van der Waals surface area contributed by atoms with E-state index < -0.39 is 0 Å². The van der Waals surface area contributed by atoms with Gasteiger partial charge in [0, 0.05) is 36.3 Å². The molecule has 0 radical (unpaired) electrons. The monoisotopic (exact) mass is 189 g/mol. The highest BCUT2D eigenvalue weighted by atomic mass is 16.1. The molecule has 14 heavy (non-hydrogen) atoms. The summed E-state index contributed by atoms with van der Waals surface area (Å²) in [6.07, 6.45) is 5.01. The Morgan fingerprint density at radius 3 is 2.79 bits per heavy atom. The van der Waals surface area contributed by atoms with E-state index in [1.807, 2.05) is 0 Å². The van der Waals surface area contributed by atoms with Crippen LogP contribution in [0.15, 0.2) is 36.3 Å². The number of ketones is 1. The molecule has 0 amide bonds. The maximum atomic E-state index is 11.8. The van der Waals surface area contributed by atoms with Gasteiger partial charge in [0.2, 0.25) is 0 Å². The normalized spacial score (nSPS) is 15.6. The van der Waals surface area contributed by atoms with E-state index in [4.69, 9.17) is 0 Å². The van der Waals surface area contributed by atoms with Crippen LogP contribution in [-0.4, -0.2) is 24.0 Å². The maximum Gasteiger partial charge on any atom is 0.191 e. The maximum absolute atomic E-state index is 11.8. The van der Waals surface area contributed by atoms with E-state index >= 15 is 0 Å². The molecule has 0 saturated heterocycles. The Bertz CT molecular complexity index is 359. The van der Waals surface area contributed by atoms with Crippen LogP contribution < -0.4 is 10.6 Å². The van der Waals surface area contributed by atoms with Crippen LogP contribution >= 0.6 is 0 Å². The van der Waals surface area contributed by atoms with E-state index in [-0.39, 0.29) is 5.78 Å². The summed E-state index contributed by atoms with van der Waals surface area (Å²) in [6, 6.07) is 3.44. The molecule has 0 aliphatic carbocycles. The number of carbonyl (C=O) groups is 1. The summed E-state index contributed by atoms with van der Waals surface area (Å²) >= 11 is 0. The Morgan fingerprint density at radius 1 is 1.36 bits per heavy atom. The number of hydrogen-bond donors (Lipinski definition) is 2. The third-order valence-electron chi connectivity index (χ3n) is 2.05. The minimum Gasteiger partial charge on any atom is -0.378 e. The lowest BCUT2D eigenvalue weighted by Crippen LogP contribution is -2.34. The van der Waals surface area contributed by atoms with Gasteiger partial charge in [-0.05, 0) is 12.1 Å². The molecule has 72 valence electrons. The lowest BCUT2D eigenvalue weighted by atomic mass is 10.1. The summed E-state index contributed by atoms with van der Waals surface area (Å²) in [6.45, 7) is 1.33. The van der Waals surface area contributed by atoms with E-state index in [0.29, 0.717) is 18.8 Å². The summed E-state index contributed by atoms with van der Waals surface area (Å²) in [5, 5.41) is 6.05. The predicted molar refractivity (Wildman–Crippen MR) is 52.7 cm³/mol. The first kappa shape index (κ1) is 8.90. The minimum atomic E-state index is 0.0482. The van der Waals surface area contributed by atoms with Crippen molar-refractivity contribution in [3.05, 3.63) is 41.9 Å². The van der Waals surface area contributed by atoms with Gasteiger partial charge in [-0.1, -0.05) is 0 Å². The molecule has 0 aromatic carbocycles. The number of nitrogens with zero attached hydrogens (tertiary/aromatic N) is 1. The number of carbonyl (C=O) groups excluding carboxylic acids is 1. The highest BCUT2D eigenvalue weighted by Crippen LogP contribution is 2.06. The van der Waals surface area contributed by atoms with E-state index in [0.717, 1.165) is 5.57 Å². The van der Waals surface area contributed by atoms with E-state index in [1.165, 1.54) is 0 Å². The summed E-state index contributed by atoms with van der Waals surface area (Å²) in [7, 11) is 0. The number of pyridine rings is 1. The topological polar surface area (TPSA) is 54.0 Å². The van der Waals surface area contributed by atoms with Crippen molar-refractivity contribution < 1.29 is 4.79 Å². The van der Waals surface area contributed by atoms with E-state index in [9.17, 15) is 4.79 Å². The van der Waals surface area contributed by atoms with Crippen LogP contribution in [0.4, 0.5) is 0 Å². The zero-order chi connectivity index (χ0) is 9.80. The summed E-state index contributed by atoms with van der Waals surface area (Å²) in [4.78, 5) is 15.7. The first-order valence-electron chi connectivity index (χ1n) is 4.46. The number of nitrogens with one attached hydrogen (secondary N) is 2. The van der Waals surface area contributed by atoms with Gasteiger partial charge in [-0.2, -0.15) is 0 Å². The fourth-order valence-electron chi connectivity index (χ4n) is 1.33. The molecule has 1 aliphatic rings. The van der Waals surface area contributed by atoms with Crippen LogP contribution in [0, 0.1) is 0 Å².